The summed E-state index contributed by atoms with van der Waals surface area (Å²) in [7, 11) is 0. The van der Waals surface area contributed by atoms with Crippen LogP contribution in [0.1, 0.15) is 27.0 Å². The van der Waals surface area contributed by atoms with Gasteiger partial charge in [0.25, 0.3) is 5.91 Å². The highest BCUT2D eigenvalue weighted by Crippen LogP contribution is 2.14. The highest BCUT2D eigenvalue weighted by Gasteiger charge is 2.16. The van der Waals surface area contributed by atoms with Gasteiger partial charge in [-0.15, -0.1) is 0 Å². The standard InChI is InChI=1S/C18H20BrNO/c1-14-8-9-17(12-15(14)2)18(21)20(11-10-19)13-16-6-4-3-5-7-16/h3-9,12H,10-11,13H2,1-2H3. The van der Waals surface area contributed by atoms with Crippen molar-refractivity contribution in [3.05, 3.63) is 70.8 Å². The van der Waals surface area contributed by atoms with Gasteiger partial charge in [-0.05, 0) is 42.7 Å². The summed E-state index contributed by atoms with van der Waals surface area (Å²) in [5.74, 6) is 0.0846. The van der Waals surface area contributed by atoms with Crippen molar-refractivity contribution < 1.29 is 4.79 Å². The maximum Gasteiger partial charge on any atom is 0.254 e. The molecule has 110 valence electrons. The van der Waals surface area contributed by atoms with Gasteiger partial charge in [0, 0.05) is 24.0 Å². The molecule has 0 atom stereocenters. The van der Waals surface area contributed by atoms with Crippen LogP contribution in [0.3, 0.4) is 0 Å². The summed E-state index contributed by atoms with van der Waals surface area (Å²) < 4.78 is 0. The van der Waals surface area contributed by atoms with E-state index in [1.54, 1.807) is 0 Å². The number of aryl methyl sites for hydroxylation is 2. The monoisotopic (exact) mass is 345 g/mol. The lowest BCUT2D eigenvalue weighted by Gasteiger charge is -2.22. The minimum Gasteiger partial charge on any atom is -0.333 e. The predicted octanol–water partition coefficient (Wildman–Crippen LogP) is 4.34. The third-order valence-electron chi connectivity index (χ3n) is 3.61. The van der Waals surface area contributed by atoms with E-state index in [4.69, 9.17) is 0 Å². The molecule has 0 N–H and O–H groups in total. The van der Waals surface area contributed by atoms with Crippen LogP contribution in [0.4, 0.5) is 0 Å². The Hall–Kier alpha value is -1.61. The van der Waals surface area contributed by atoms with Gasteiger partial charge in [0.1, 0.15) is 0 Å². The molecule has 0 bridgehead atoms. The van der Waals surface area contributed by atoms with E-state index in [2.05, 4.69) is 35.0 Å². The average molecular weight is 346 g/mol. The second kappa shape index (κ2) is 7.41. The topological polar surface area (TPSA) is 20.3 Å². The molecule has 0 aromatic heterocycles. The molecule has 2 aromatic rings. The highest BCUT2D eigenvalue weighted by atomic mass is 79.9. The quantitative estimate of drug-likeness (QED) is 0.738. The number of benzene rings is 2. The van der Waals surface area contributed by atoms with Gasteiger partial charge < -0.3 is 4.90 Å². The molecule has 0 aliphatic rings. The molecule has 0 radical (unpaired) electrons. The van der Waals surface area contributed by atoms with Crippen LogP contribution in [0.25, 0.3) is 0 Å². The Bertz CT molecular complexity index is 610. The zero-order valence-electron chi connectivity index (χ0n) is 12.5. The predicted molar refractivity (Wildman–Crippen MR) is 90.9 cm³/mol. The number of amides is 1. The Morgan fingerprint density at radius 3 is 2.38 bits per heavy atom. The molecule has 2 rings (SSSR count). The molecule has 1 amide bonds. The van der Waals surface area contributed by atoms with Gasteiger partial charge in [-0.25, -0.2) is 0 Å². The lowest BCUT2D eigenvalue weighted by atomic mass is 10.1. The Balaban J connectivity index is 2.20. The van der Waals surface area contributed by atoms with Gasteiger partial charge in [0.15, 0.2) is 0 Å². The molecule has 0 saturated heterocycles. The minimum atomic E-state index is 0.0846. The Morgan fingerprint density at radius 2 is 1.76 bits per heavy atom. The van der Waals surface area contributed by atoms with Crippen LogP contribution >= 0.6 is 15.9 Å². The second-order valence-electron chi connectivity index (χ2n) is 5.20. The van der Waals surface area contributed by atoms with Crippen molar-refractivity contribution >= 4 is 21.8 Å². The van der Waals surface area contributed by atoms with Crippen molar-refractivity contribution in [1.82, 2.24) is 4.90 Å². The molecule has 0 aliphatic carbocycles. The molecule has 2 nitrogen and oxygen atoms in total. The molecule has 21 heavy (non-hydrogen) atoms. The van der Waals surface area contributed by atoms with Crippen molar-refractivity contribution in [2.75, 3.05) is 11.9 Å². The number of nitrogens with zero attached hydrogens (tertiary/aromatic N) is 1. The fraction of sp³-hybridized carbons (Fsp3) is 0.278. The van der Waals surface area contributed by atoms with Crippen LogP contribution in [0.15, 0.2) is 48.5 Å². The summed E-state index contributed by atoms with van der Waals surface area (Å²) in [6.07, 6.45) is 0. The van der Waals surface area contributed by atoms with Crippen LogP contribution in [0.5, 0.6) is 0 Å². The average Bonchev–Trinajstić information content (AvgIpc) is 2.50. The second-order valence-corrected chi connectivity index (χ2v) is 5.99. The molecule has 0 unspecified atom stereocenters. The minimum absolute atomic E-state index is 0.0846. The van der Waals surface area contributed by atoms with E-state index in [0.29, 0.717) is 13.1 Å². The lowest BCUT2D eigenvalue weighted by Crippen LogP contribution is -2.32. The number of carbonyl (C=O) groups is 1. The summed E-state index contributed by atoms with van der Waals surface area (Å²) in [5, 5.41) is 0.774. The highest BCUT2D eigenvalue weighted by molar-refractivity contribution is 9.09. The van der Waals surface area contributed by atoms with Crippen LogP contribution in [0, 0.1) is 13.8 Å². The zero-order valence-corrected chi connectivity index (χ0v) is 14.1. The van der Waals surface area contributed by atoms with E-state index in [1.165, 1.54) is 5.56 Å². The van der Waals surface area contributed by atoms with E-state index in [-0.39, 0.29) is 5.91 Å². The van der Waals surface area contributed by atoms with Gasteiger partial charge in [-0.1, -0.05) is 52.3 Å². The third kappa shape index (κ3) is 4.18. The SMILES string of the molecule is Cc1ccc(C(=O)N(CCBr)Cc2ccccc2)cc1C. The van der Waals surface area contributed by atoms with Crippen molar-refractivity contribution in [1.29, 1.82) is 0 Å². The largest absolute Gasteiger partial charge is 0.333 e. The Morgan fingerprint density at radius 1 is 1.05 bits per heavy atom. The first kappa shape index (κ1) is 15.8. The van der Waals surface area contributed by atoms with E-state index in [1.807, 2.05) is 48.2 Å². The molecule has 0 fully saturated rings. The van der Waals surface area contributed by atoms with E-state index >= 15 is 0 Å². The van der Waals surface area contributed by atoms with Gasteiger partial charge in [0.05, 0.1) is 0 Å². The number of alkyl halides is 1. The van der Waals surface area contributed by atoms with Gasteiger partial charge >= 0.3 is 0 Å². The van der Waals surface area contributed by atoms with Crippen LogP contribution in [0.2, 0.25) is 0 Å². The summed E-state index contributed by atoms with van der Waals surface area (Å²) in [6.45, 7) is 5.43. The Labute approximate surface area is 134 Å². The van der Waals surface area contributed by atoms with E-state index < -0.39 is 0 Å². The van der Waals surface area contributed by atoms with Crippen LogP contribution in [-0.4, -0.2) is 22.7 Å². The summed E-state index contributed by atoms with van der Waals surface area (Å²) >= 11 is 3.44. The fourth-order valence-corrected chi connectivity index (χ4v) is 2.64. The van der Waals surface area contributed by atoms with Crippen molar-refractivity contribution in [2.45, 2.75) is 20.4 Å². The third-order valence-corrected chi connectivity index (χ3v) is 3.97. The molecule has 2 aromatic carbocycles. The van der Waals surface area contributed by atoms with E-state index in [9.17, 15) is 4.79 Å². The van der Waals surface area contributed by atoms with Crippen LogP contribution < -0.4 is 0 Å². The van der Waals surface area contributed by atoms with Crippen molar-refractivity contribution in [3.8, 4) is 0 Å². The number of hydrogen-bond donors (Lipinski definition) is 0. The molecular weight excluding hydrogens is 326 g/mol. The van der Waals surface area contributed by atoms with Gasteiger partial charge in [-0.3, -0.25) is 4.79 Å². The maximum atomic E-state index is 12.7. The molecular formula is C18H20BrNO. The number of rotatable bonds is 5. The Kier molecular flexibility index (Phi) is 5.57. The fourth-order valence-electron chi connectivity index (χ4n) is 2.22. The number of hydrogen-bond acceptors (Lipinski definition) is 1. The van der Waals surface area contributed by atoms with Crippen LogP contribution in [-0.2, 0) is 6.54 Å². The van der Waals surface area contributed by atoms with E-state index in [0.717, 1.165) is 22.0 Å². The molecule has 0 heterocycles. The molecule has 0 aliphatic heterocycles. The van der Waals surface area contributed by atoms with Gasteiger partial charge in [0.2, 0.25) is 0 Å². The summed E-state index contributed by atoms with van der Waals surface area (Å²) in [4.78, 5) is 14.6. The first-order valence-electron chi connectivity index (χ1n) is 7.08. The first-order valence-corrected chi connectivity index (χ1v) is 8.20. The van der Waals surface area contributed by atoms with Crippen molar-refractivity contribution in [2.24, 2.45) is 0 Å². The molecule has 3 heteroatoms. The van der Waals surface area contributed by atoms with Gasteiger partial charge in [-0.2, -0.15) is 0 Å². The normalized spacial score (nSPS) is 10.4. The smallest absolute Gasteiger partial charge is 0.254 e. The summed E-state index contributed by atoms with van der Waals surface area (Å²) in [6, 6.07) is 16.0. The molecule has 0 saturated carbocycles. The molecule has 0 spiro atoms. The zero-order chi connectivity index (χ0) is 15.2. The number of halogens is 1. The summed E-state index contributed by atoms with van der Waals surface area (Å²) in [5.41, 5.74) is 4.27. The number of carbonyl (C=O) groups excluding carboxylic acids is 1. The maximum absolute atomic E-state index is 12.7. The first-order chi connectivity index (χ1) is 10.1. The van der Waals surface area contributed by atoms with Crippen molar-refractivity contribution in [3.63, 3.8) is 0 Å². The lowest BCUT2D eigenvalue weighted by molar-refractivity contribution is 0.0754.